The Labute approximate surface area is 151 Å². The van der Waals surface area contributed by atoms with Crippen LogP contribution in [-0.2, 0) is 4.74 Å². The Hall–Kier alpha value is -2.73. The summed E-state index contributed by atoms with van der Waals surface area (Å²) in [5.74, 6) is -1.02. The average Bonchev–Trinajstić information content (AvgIpc) is 2.60. The van der Waals surface area contributed by atoms with Crippen LogP contribution >= 0.6 is 15.9 Å². The van der Waals surface area contributed by atoms with Crippen LogP contribution < -0.4 is 5.56 Å². The van der Waals surface area contributed by atoms with Crippen molar-refractivity contribution in [2.24, 2.45) is 0 Å². The lowest BCUT2D eigenvalue weighted by molar-refractivity contribution is 0.0320. The molecule has 1 unspecified atom stereocenters. The van der Waals surface area contributed by atoms with Gasteiger partial charge in [-0.2, -0.15) is 0 Å². The molecule has 25 heavy (non-hydrogen) atoms. The van der Waals surface area contributed by atoms with E-state index in [-0.39, 0.29) is 11.3 Å². The van der Waals surface area contributed by atoms with Crippen LogP contribution in [0.4, 0.5) is 0 Å². The Morgan fingerprint density at radius 2 is 1.76 bits per heavy atom. The van der Waals surface area contributed by atoms with E-state index in [1.54, 1.807) is 48.5 Å². The van der Waals surface area contributed by atoms with Crippen molar-refractivity contribution in [2.75, 3.05) is 0 Å². The normalized spacial score (nSPS) is 11.9. The zero-order valence-electron chi connectivity index (χ0n) is 13.3. The van der Waals surface area contributed by atoms with Crippen molar-refractivity contribution < 1.29 is 14.3 Å². The second kappa shape index (κ2) is 7.03. The molecule has 1 N–H and O–H groups in total. The predicted octanol–water partition coefficient (Wildman–Crippen LogP) is 3.72. The van der Waals surface area contributed by atoms with E-state index in [0.29, 0.717) is 16.5 Å². The number of H-pyrrole nitrogens is 1. The number of benzene rings is 2. The average molecular weight is 400 g/mol. The molecule has 0 aliphatic heterocycles. The minimum Gasteiger partial charge on any atom is -0.451 e. The fraction of sp³-hybridized carbons (Fsp3) is 0.105. The van der Waals surface area contributed by atoms with E-state index in [1.807, 2.05) is 0 Å². The lowest BCUT2D eigenvalue weighted by atomic mass is 10.1. The molecule has 1 aromatic heterocycles. The van der Waals surface area contributed by atoms with Gasteiger partial charge in [0.15, 0.2) is 6.10 Å². The van der Waals surface area contributed by atoms with Gasteiger partial charge in [0.1, 0.15) is 0 Å². The Bertz CT molecular complexity index is 1010. The summed E-state index contributed by atoms with van der Waals surface area (Å²) in [7, 11) is 0. The topological polar surface area (TPSA) is 76.2 Å². The molecule has 126 valence electrons. The summed E-state index contributed by atoms with van der Waals surface area (Å²) in [6, 6.07) is 14.9. The molecular weight excluding hydrogens is 386 g/mol. The van der Waals surface area contributed by atoms with Crippen LogP contribution in [0.5, 0.6) is 0 Å². The summed E-state index contributed by atoms with van der Waals surface area (Å²) in [5, 5.41) is 0.565. The van der Waals surface area contributed by atoms with Crippen LogP contribution in [0, 0.1) is 0 Å². The van der Waals surface area contributed by atoms with Crippen LogP contribution in [0.25, 0.3) is 10.9 Å². The van der Waals surface area contributed by atoms with Gasteiger partial charge in [-0.1, -0.05) is 46.3 Å². The number of halogens is 1. The molecule has 0 aliphatic carbocycles. The number of carbonyl (C=O) groups excluding carboxylic acids is 2. The van der Waals surface area contributed by atoms with Gasteiger partial charge in [-0.15, -0.1) is 0 Å². The van der Waals surface area contributed by atoms with Crippen molar-refractivity contribution in [3.63, 3.8) is 0 Å². The molecule has 0 amide bonds. The van der Waals surface area contributed by atoms with Crippen molar-refractivity contribution in [2.45, 2.75) is 13.0 Å². The van der Waals surface area contributed by atoms with Gasteiger partial charge in [-0.3, -0.25) is 9.59 Å². The smallest absolute Gasteiger partial charge is 0.339 e. The minimum atomic E-state index is -0.966. The Kier molecular flexibility index (Phi) is 4.81. The second-order valence-corrected chi connectivity index (χ2v) is 6.43. The van der Waals surface area contributed by atoms with Crippen molar-refractivity contribution in [1.29, 1.82) is 0 Å². The molecule has 0 fully saturated rings. The number of aromatic nitrogens is 1. The van der Waals surface area contributed by atoms with E-state index in [1.165, 1.54) is 13.0 Å². The molecule has 2 aromatic carbocycles. The largest absolute Gasteiger partial charge is 0.451 e. The number of nitrogens with one attached hydrogen (secondary N) is 1. The van der Waals surface area contributed by atoms with E-state index >= 15 is 0 Å². The first-order valence-electron chi connectivity index (χ1n) is 7.58. The van der Waals surface area contributed by atoms with Crippen molar-refractivity contribution in [3.05, 3.63) is 80.6 Å². The van der Waals surface area contributed by atoms with Gasteiger partial charge in [0.2, 0.25) is 11.3 Å². The van der Waals surface area contributed by atoms with Crippen LogP contribution in [0.15, 0.2) is 63.9 Å². The fourth-order valence-corrected chi connectivity index (χ4v) is 2.76. The van der Waals surface area contributed by atoms with E-state index in [9.17, 15) is 14.4 Å². The SMILES string of the molecule is CC(OC(=O)c1cc(=O)[nH]c2ccccc12)C(=O)c1ccc(Br)cc1. The number of ketones is 1. The number of carbonyl (C=O) groups is 2. The van der Waals surface area contributed by atoms with E-state index < -0.39 is 17.6 Å². The van der Waals surface area contributed by atoms with E-state index in [2.05, 4.69) is 20.9 Å². The number of esters is 1. The van der Waals surface area contributed by atoms with Gasteiger partial charge < -0.3 is 9.72 Å². The number of Topliss-reactive ketones (excluding diaryl/α,β-unsaturated/α-hetero) is 1. The molecule has 0 aliphatic rings. The lowest BCUT2D eigenvalue weighted by Crippen LogP contribution is -2.25. The highest BCUT2D eigenvalue weighted by Crippen LogP contribution is 2.18. The molecule has 1 atom stereocenters. The summed E-state index contributed by atoms with van der Waals surface area (Å²) in [6.07, 6.45) is -0.966. The van der Waals surface area contributed by atoms with Gasteiger partial charge in [0.05, 0.1) is 5.56 Å². The number of para-hydroxylation sites is 1. The van der Waals surface area contributed by atoms with Crippen molar-refractivity contribution >= 4 is 38.6 Å². The van der Waals surface area contributed by atoms with Gasteiger partial charge >= 0.3 is 5.97 Å². The van der Waals surface area contributed by atoms with Crippen LogP contribution in [-0.4, -0.2) is 22.8 Å². The summed E-state index contributed by atoms with van der Waals surface area (Å²) in [4.78, 5) is 39.3. The monoisotopic (exact) mass is 399 g/mol. The molecule has 1 heterocycles. The standard InChI is InChI=1S/C19H14BrNO4/c1-11(18(23)12-6-8-13(20)9-7-12)25-19(24)15-10-17(22)21-16-5-3-2-4-14(15)16/h2-11H,1H3,(H,21,22). The van der Waals surface area contributed by atoms with Crippen molar-refractivity contribution in [3.8, 4) is 0 Å². The quantitative estimate of drug-likeness (QED) is 0.535. The van der Waals surface area contributed by atoms with Gasteiger partial charge in [-0.25, -0.2) is 4.79 Å². The van der Waals surface area contributed by atoms with Gasteiger partial charge in [-0.05, 0) is 25.1 Å². The summed E-state index contributed by atoms with van der Waals surface area (Å²) < 4.78 is 6.14. The van der Waals surface area contributed by atoms with Crippen LogP contribution in [0.2, 0.25) is 0 Å². The molecule has 0 saturated heterocycles. The molecule has 0 saturated carbocycles. The minimum absolute atomic E-state index is 0.134. The second-order valence-electron chi connectivity index (χ2n) is 5.51. The van der Waals surface area contributed by atoms with Crippen molar-refractivity contribution in [1.82, 2.24) is 4.98 Å². The lowest BCUT2D eigenvalue weighted by Gasteiger charge is -2.13. The summed E-state index contributed by atoms with van der Waals surface area (Å²) in [5.41, 5.74) is 0.709. The first kappa shape index (κ1) is 17.1. The zero-order valence-corrected chi connectivity index (χ0v) is 14.9. The number of rotatable bonds is 4. The highest BCUT2D eigenvalue weighted by molar-refractivity contribution is 9.10. The fourth-order valence-electron chi connectivity index (χ4n) is 2.50. The number of aromatic amines is 1. The Morgan fingerprint density at radius 1 is 1.08 bits per heavy atom. The number of pyridine rings is 1. The summed E-state index contributed by atoms with van der Waals surface area (Å²) in [6.45, 7) is 1.51. The maximum atomic E-state index is 12.5. The molecule has 6 heteroatoms. The third kappa shape index (κ3) is 3.69. The van der Waals surface area contributed by atoms with Gasteiger partial charge in [0, 0.05) is 27.0 Å². The first-order chi connectivity index (χ1) is 12.0. The molecule has 0 spiro atoms. The third-order valence-electron chi connectivity index (χ3n) is 3.75. The Morgan fingerprint density at radius 3 is 2.48 bits per heavy atom. The molecule has 3 aromatic rings. The zero-order chi connectivity index (χ0) is 18.0. The van der Waals surface area contributed by atoms with E-state index in [4.69, 9.17) is 4.74 Å². The maximum Gasteiger partial charge on any atom is 0.339 e. The van der Waals surface area contributed by atoms with Crippen LogP contribution in [0.1, 0.15) is 27.6 Å². The molecule has 5 nitrogen and oxygen atoms in total. The Balaban J connectivity index is 1.86. The molecule has 0 bridgehead atoms. The summed E-state index contributed by atoms with van der Waals surface area (Å²) >= 11 is 3.30. The molecule has 0 radical (unpaired) electrons. The molecule has 3 rings (SSSR count). The highest BCUT2D eigenvalue weighted by atomic mass is 79.9. The number of hydrogen-bond acceptors (Lipinski definition) is 4. The number of fused-ring (bicyclic) bond motifs is 1. The third-order valence-corrected chi connectivity index (χ3v) is 4.28. The molecular formula is C19H14BrNO4. The first-order valence-corrected chi connectivity index (χ1v) is 8.38. The van der Waals surface area contributed by atoms with Crippen LogP contribution in [0.3, 0.4) is 0 Å². The predicted molar refractivity (Wildman–Crippen MR) is 97.9 cm³/mol. The van der Waals surface area contributed by atoms with E-state index in [0.717, 1.165) is 4.47 Å². The number of ether oxygens (including phenoxy) is 1. The maximum absolute atomic E-state index is 12.5. The highest BCUT2D eigenvalue weighted by Gasteiger charge is 2.22. The van der Waals surface area contributed by atoms with Gasteiger partial charge in [0.25, 0.3) is 0 Å². The number of hydrogen-bond donors (Lipinski definition) is 1.